The fourth-order valence-electron chi connectivity index (χ4n) is 5.35. The average molecular weight is 584 g/mol. The van der Waals surface area contributed by atoms with Gasteiger partial charge in [-0.15, -0.1) is 0 Å². The van der Waals surface area contributed by atoms with Crippen LogP contribution in [-0.4, -0.2) is 22.5 Å². The summed E-state index contributed by atoms with van der Waals surface area (Å²) in [6, 6.07) is 3.42. The Bertz CT molecular complexity index is 1150. The number of piperidine rings is 1. The van der Waals surface area contributed by atoms with E-state index in [4.69, 9.17) is 0 Å². The lowest BCUT2D eigenvalue weighted by Gasteiger charge is -2.45. The summed E-state index contributed by atoms with van der Waals surface area (Å²) in [5.41, 5.74) is -3.63. The lowest BCUT2D eigenvalue weighted by atomic mass is 9.81. The molecule has 3 atom stereocenters. The van der Waals surface area contributed by atoms with E-state index < -0.39 is 64.8 Å². The molecule has 1 heterocycles. The summed E-state index contributed by atoms with van der Waals surface area (Å²) in [4.78, 5) is 13.0. The Balaban J connectivity index is 2.18. The monoisotopic (exact) mass is 583 g/mol. The summed E-state index contributed by atoms with van der Waals surface area (Å²) < 4.78 is 123. The maximum Gasteiger partial charge on any atom is 0.416 e. The SMILES string of the molecule is CC(C)CCC(c1cc(C(F)(F)F)ccc1C(F)(F)F)N1CCC(CC(=O)O)CC1c1ccc(C(F)(F)F)cc1. The molecule has 0 aromatic heterocycles. The first-order chi connectivity index (χ1) is 18.4. The molecule has 12 heteroatoms. The Morgan fingerprint density at radius 1 is 0.875 bits per heavy atom. The van der Waals surface area contributed by atoms with Gasteiger partial charge in [-0.25, -0.2) is 0 Å². The predicted octanol–water partition coefficient (Wildman–Crippen LogP) is 9.15. The third-order valence-electron chi connectivity index (χ3n) is 7.30. The molecular weight excluding hydrogens is 553 g/mol. The van der Waals surface area contributed by atoms with Crippen molar-refractivity contribution in [3.05, 3.63) is 70.3 Å². The highest BCUT2D eigenvalue weighted by atomic mass is 19.4. The fraction of sp³-hybridized carbons (Fsp3) is 0.536. The molecule has 1 aliphatic rings. The number of carbonyl (C=O) groups is 1. The number of rotatable bonds is 8. The standard InChI is InChI=1S/C28H30F9NO2/c1-16(2)3-10-23(21-15-20(27(32,33)34)8-9-22(21)28(35,36)37)38-12-11-17(14-25(39)40)13-24(38)18-4-6-19(7-5-18)26(29,30)31/h4-9,15-17,23-24H,3,10-14H2,1-2H3,(H,39,40). The first-order valence-corrected chi connectivity index (χ1v) is 12.8. The van der Waals surface area contributed by atoms with E-state index >= 15 is 0 Å². The van der Waals surface area contributed by atoms with Crippen molar-refractivity contribution >= 4 is 5.97 Å². The van der Waals surface area contributed by atoms with E-state index in [0.29, 0.717) is 30.2 Å². The summed E-state index contributed by atoms with van der Waals surface area (Å²) in [6.07, 6.45) is -14.0. The van der Waals surface area contributed by atoms with Crippen LogP contribution in [0.1, 0.15) is 85.9 Å². The minimum atomic E-state index is -4.96. The van der Waals surface area contributed by atoms with Crippen LogP contribution in [-0.2, 0) is 23.3 Å². The molecule has 222 valence electrons. The molecule has 3 rings (SSSR count). The summed E-state index contributed by atoms with van der Waals surface area (Å²) in [6.45, 7) is 3.69. The zero-order valence-electron chi connectivity index (χ0n) is 21.8. The van der Waals surface area contributed by atoms with Crippen molar-refractivity contribution in [1.82, 2.24) is 4.90 Å². The molecule has 0 radical (unpaired) electrons. The van der Waals surface area contributed by atoms with Crippen molar-refractivity contribution in [2.45, 2.75) is 76.6 Å². The van der Waals surface area contributed by atoms with E-state index in [1.54, 1.807) is 4.90 Å². The topological polar surface area (TPSA) is 40.5 Å². The van der Waals surface area contributed by atoms with E-state index in [0.717, 1.165) is 12.1 Å². The van der Waals surface area contributed by atoms with Crippen LogP contribution in [0.5, 0.6) is 0 Å². The highest BCUT2D eigenvalue weighted by Crippen LogP contribution is 2.47. The zero-order valence-corrected chi connectivity index (χ0v) is 21.8. The maximum atomic E-state index is 14.1. The van der Waals surface area contributed by atoms with Crippen LogP contribution in [0.25, 0.3) is 0 Å². The molecule has 0 bridgehead atoms. The van der Waals surface area contributed by atoms with E-state index in [1.165, 1.54) is 12.1 Å². The number of hydrogen-bond acceptors (Lipinski definition) is 2. The lowest BCUT2D eigenvalue weighted by Crippen LogP contribution is -2.41. The van der Waals surface area contributed by atoms with E-state index in [-0.39, 0.29) is 38.1 Å². The number of likely N-dealkylation sites (tertiary alicyclic amines) is 1. The molecule has 3 unspecified atom stereocenters. The number of alkyl halides is 9. The van der Waals surface area contributed by atoms with Crippen molar-refractivity contribution in [2.75, 3.05) is 6.54 Å². The first-order valence-electron chi connectivity index (χ1n) is 12.8. The second-order valence-corrected chi connectivity index (χ2v) is 10.6. The van der Waals surface area contributed by atoms with Crippen molar-refractivity contribution in [3.8, 4) is 0 Å². The normalized spacial score (nSPS) is 20.1. The number of halogens is 9. The Morgan fingerprint density at radius 2 is 1.45 bits per heavy atom. The van der Waals surface area contributed by atoms with Crippen LogP contribution in [0.4, 0.5) is 39.5 Å². The highest BCUT2D eigenvalue weighted by Gasteiger charge is 2.42. The lowest BCUT2D eigenvalue weighted by molar-refractivity contribution is -0.142. The maximum absolute atomic E-state index is 14.1. The molecule has 1 N–H and O–H groups in total. The van der Waals surface area contributed by atoms with Crippen LogP contribution in [0.15, 0.2) is 42.5 Å². The van der Waals surface area contributed by atoms with Crippen molar-refractivity contribution in [1.29, 1.82) is 0 Å². The summed E-state index contributed by atoms with van der Waals surface area (Å²) in [5, 5.41) is 9.31. The van der Waals surface area contributed by atoms with Gasteiger partial charge in [-0.2, -0.15) is 39.5 Å². The van der Waals surface area contributed by atoms with Crippen molar-refractivity contribution < 1.29 is 49.4 Å². The predicted molar refractivity (Wildman–Crippen MR) is 129 cm³/mol. The van der Waals surface area contributed by atoms with Gasteiger partial charge in [0.2, 0.25) is 0 Å². The van der Waals surface area contributed by atoms with Gasteiger partial charge in [0, 0.05) is 18.5 Å². The summed E-state index contributed by atoms with van der Waals surface area (Å²) in [7, 11) is 0. The smallest absolute Gasteiger partial charge is 0.416 e. The Morgan fingerprint density at radius 3 is 1.95 bits per heavy atom. The first kappa shape index (κ1) is 31.8. The minimum absolute atomic E-state index is 0.00305. The van der Waals surface area contributed by atoms with Crippen LogP contribution in [0.2, 0.25) is 0 Å². The number of benzene rings is 2. The van der Waals surface area contributed by atoms with Gasteiger partial charge in [-0.05, 0) is 85.5 Å². The van der Waals surface area contributed by atoms with Gasteiger partial charge in [0.1, 0.15) is 0 Å². The Hall–Kier alpha value is -2.76. The van der Waals surface area contributed by atoms with Crippen molar-refractivity contribution in [3.63, 3.8) is 0 Å². The van der Waals surface area contributed by atoms with E-state index in [2.05, 4.69) is 0 Å². The van der Waals surface area contributed by atoms with Crippen LogP contribution in [0.3, 0.4) is 0 Å². The molecule has 2 aromatic rings. The van der Waals surface area contributed by atoms with Gasteiger partial charge in [-0.1, -0.05) is 26.0 Å². The highest BCUT2D eigenvalue weighted by molar-refractivity contribution is 5.67. The minimum Gasteiger partial charge on any atom is -0.481 e. The zero-order chi connectivity index (χ0) is 30.0. The molecular formula is C28H30F9NO2. The van der Waals surface area contributed by atoms with Crippen LogP contribution in [0, 0.1) is 11.8 Å². The molecule has 0 aliphatic carbocycles. The Kier molecular flexibility index (Phi) is 9.53. The molecule has 0 spiro atoms. The quantitative estimate of drug-likeness (QED) is 0.315. The molecule has 0 amide bonds. The Labute approximate surface area is 226 Å². The van der Waals surface area contributed by atoms with Gasteiger partial charge in [-0.3, -0.25) is 9.69 Å². The number of carboxylic acid groups (broad SMARTS) is 1. The third-order valence-corrected chi connectivity index (χ3v) is 7.30. The fourth-order valence-corrected chi connectivity index (χ4v) is 5.35. The number of nitrogens with zero attached hydrogens (tertiary/aromatic N) is 1. The van der Waals surface area contributed by atoms with Gasteiger partial charge in [0.05, 0.1) is 16.7 Å². The number of hydrogen-bond donors (Lipinski definition) is 1. The van der Waals surface area contributed by atoms with Crippen LogP contribution >= 0.6 is 0 Å². The second-order valence-electron chi connectivity index (χ2n) is 10.6. The van der Waals surface area contributed by atoms with Crippen molar-refractivity contribution in [2.24, 2.45) is 11.8 Å². The molecule has 3 nitrogen and oxygen atoms in total. The second kappa shape index (κ2) is 12.0. The molecule has 2 aromatic carbocycles. The largest absolute Gasteiger partial charge is 0.481 e. The van der Waals surface area contributed by atoms with E-state index in [1.807, 2.05) is 13.8 Å². The number of aliphatic carboxylic acids is 1. The molecule has 0 saturated carbocycles. The number of carboxylic acids is 1. The summed E-state index contributed by atoms with van der Waals surface area (Å²) in [5.74, 6) is -1.52. The van der Waals surface area contributed by atoms with Gasteiger partial charge in [0.25, 0.3) is 0 Å². The molecule has 1 aliphatic heterocycles. The van der Waals surface area contributed by atoms with Gasteiger partial charge >= 0.3 is 24.5 Å². The third kappa shape index (κ3) is 7.92. The van der Waals surface area contributed by atoms with Gasteiger partial charge in [0.15, 0.2) is 0 Å². The van der Waals surface area contributed by atoms with Gasteiger partial charge < -0.3 is 5.11 Å². The van der Waals surface area contributed by atoms with E-state index in [9.17, 15) is 49.4 Å². The molecule has 1 fully saturated rings. The summed E-state index contributed by atoms with van der Waals surface area (Å²) >= 11 is 0. The van der Waals surface area contributed by atoms with Crippen LogP contribution < -0.4 is 0 Å². The molecule has 40 heavy (non-hydrogen) atoms. The molecule has 1 saturated heterocycles. The average Bonchev–Trinajstić information content (AvgIpc) is 2.82.